The minimum atomic E-state index is -3.85. The molecule has 21 heavy (non-hydrogen) atoms. The van der Waals surface area contributed by atoms with Crippen LogP contribution in [0.1, 0.15) is 36.5 Å². The number of rotatable bonds is 4. The maximum atomic E-state index is 13.8. The zero-order valence-electron chi connectivity index (χ0n) is 11.5. The van der Waals surface area contributed by atoms with Gasteiger partial charge in [-0.3, -0.25) is 4.72 Å². The standard InChI is InChI=1S/C13H17FN2O4S/c1-9-4-2-3-7-16(9)21(19,20)15-12-6-5-10(13(17)18)8-11(12)14/h5-6,8-9,15H,2-4,7H2,1H3,(H,17,18). The van der Waals surface area contributed by atoms with Crippen molar-refractivity contribution in [3.05, 3.63) is 29.6 Å². The summed E-state index contributed by atoms with van der Waals surface area (Å²) in [5, 5.41) is 8.76. The molecule has 1 unspecified atom stereocenters. The van der Waals surface area contributed by atoms with Gasteiger partial charge in [0.25, 0.3) is 0 Å². The molecule has 8 heteroatoms. The SMILES string of the molecule is CC1CCCCN1S(=O)(=O)Nc1ccc(C(=O)O)cc1F. The van der Waals surface area contributed by atoms with Crippen LogP contribution in [0.15, 0.2) is 18.2 Å². The summed E-state index contributed by atoms with van der Waals surface area (Å²) >= 11 is 0. The summed E-state index contributed by atoms with van der Waals surface area (Å²) < 4.78 is 41.8. The second-order valence-electron chi connectivity index (χ2n) is 5.06. The Morgan fingerprint density at radius 2 is 2.14 bits per heavy atom. The molecule has 0 radical (unpaired) electrons. The number of anilines is 1. The third-order valence-corrected chi connectivity index (χ3v) is 5.14. The molecule has 1 aliphatic heterocycles. The summed E-state index contributed by atoms with van der Waals surface area (Å²) in [6.45, 7) is 2.20. The maximum Gasteiger partial charge on any atom is 0.335 e. The van der Waals surface area contributed by atoms with Gasteiger partial charge in [-0.2, -0.15) is 12.7 Å². The van der Waals surface area contributed by atoms with E-state index in [1.807, 2.05) is 6.92 Å². The molecule has 2 rings (SSSR count). The minimum Gasteiger partial charge on any atom is -0.478 e. The molecular weight excluding hydrogens is 299 g/mol. The van der Waals surface area contributed by atoms with Gasteiger partial charge in [0.05, 0.1) is 11.3 Å². The second kappa shape index (κ2) is 5.98. The van der Waals surface area contributed by atoms with Gasteiger partial charge >= 0.3 is 16.2 Å². The van der Waals surface area contributed by atoms with Crippen LogP contribution in [-0.2, 0) is 10.2 Å². The Morgan fingerprint density at radius 3 is 2.71 bits per heavy atom. The normalized spacial score (nSPS) is 20.2. The first kappa shape index (κ1) is 15.7. The maximum absolute atomic E-state index is 13.8. The van der Waals surface area contributed by atoms with Crippen molar-refractivity contribution in [3.8, 4) is 0 Å². The van der Waals surface area contributed by atoms with Crippen LogP contribution in [0.5, 0.6) is 0 Å². The van der Waals surface area contributed by atoms with Crippen LogP contribution in [0.4, 0.5) is 10.1 Å². The first-order valence-electron chi connectivity index (χ1n) is 6.63. The number of piperidine rings is 1. The summed E-state index contributed by atoms with van der Waals surface area (Å²) in [5.74, 6) is -2.18. The summed E-state index contributed by atoms with van der Waals surface area (Å²) in [6, 6.07) is 2.92. The highest BCUT2D eigenvalue weighted by molar-refractivity contribution is 7.90. The van der Waals surface area contributed by atoms with Crippen molar-refractivity contribution < 1.29 is 22.7 Å². The first-order valence-corrected chi connectivity index (χ1v) is 8.07. The van der Waals surface area contributed by atoms with E-state index in [-0.39, 0.29) is 17.3 Å². The van der Waals surface area contributed by atoms with Gasteiger partial charge in [0.2, 0.25) is 0 Å². The summed E-state index contributed by atoms with van der Waals surface area (Å²) in [7, 11) is -3.85. The van der Waals surface area contributed by atoms with E-state index in [9.17, 15) is 17.6 Å². The number of carboxylic acids is 1. The third-order valence-electron chi connectivity index (χ3n) is 3.51. The molecule has 0 aliphatic carbocycles. The highest BCUT2D eigenvalue weighted by Gasteiger charge is 2.30. The molecule has 2 N–H and O–H groups in total. The number of hydrogen-bond acceptors (Lipinski definition) is 3. The van der Waals surface area contributed by atoms with Crippen LogP contribution < -0.4 is 4.72 Å². The van der Waals surface area contributed by atoms with Crippen LogP contribution in [0.25, 0.3) is 0 Å². The van der Waals surface area contributed by atoms with Crippen molar-refractivity contribution in [3.63, 3.8) is 0 Å². The Balaban J connectivity index is 2.22. The van der Waals surface area contributed by atoms with Crippen LogP contribution >= 0.6 is 0 Å². The van der Waals surface area contributed by atoms with Crippen molar-refractivity contribution in [1.82, 2.24) is 4.31 Å². The highest BCUT2D eigenvalue weighted by Crippen LogP contribution is 2.23. The fourth-order valence-corrected chi connectivity index (χ4v) is 3.87. The van der Waals surface area contributed by atoms with Crippen LogP contribution in [0, 0.1) is 5.82 Å². The van der Waals surface area contributed by atoms with Crippen molar-refractivity contribution >= 4 is 21.9 Å². The molecule has 0 saturated carbocycles. The molecule has 1 aliphatic rings. The number of nitrogens with zero attached hydrogens (tertiary/aromatic N) is 1. The third kappa shape index (κ3) is 3.51. The van der Waals surface area contributed by atoms with Crippen LogP contribution in [0.3, 0.4) is 0 Å². The molecule has 116 valence electrons. The fourth-order valence-electron chi connectivity index (χ4n) is 2.36. The summed E-state index contributed by atoms with van der Waals surface area (Å²) in [4.78, 5) is 10.7. The topological polar surface area (TPSA) is 86.7 Å². The van der Waals surface area contributed by atoms with Crippen LogP contribution in [0.2, 0.25) is 0 Å². The lowest BCUT2D eigenvalue weighted by Gasteiger charge is -2.32. The first-order chi connectivity index (χ1) is 9.81. The molecule has 0 amide bonds. The predicted octanol–water partition coefficient (Wildman–Crippen LogP) is 2.05. The molecule has 1 aromatic rings. The number of halogens is 1. The van der Waals surface area contributed by atoms with Crippen molar-refractivity contribution in [2.45, 2.75) is 32.2 Å². The van der Waals surface area contributed by atoms with Gasteiger partial charge in [-0.1, -0.05) is 6.42 Å². The lowest BCUT2D eigenvalue weighted by Crippen LogP contribution is -2.44. The smallest absolute Gasteiger partial charge is 0.335 e. The predicted molar refractivity (Wildman–Crippen MR) is 75.9 cm³/mol. The minimum absolute atomic E-state index is 0.141. The average Bonchev–Trinajstić information content (AvgIpc) is 2.41. The lowest BCUT2D eigenvalue weighted by molar-refractivity contribution is 0.0696. The Kier molecular flexibility index (Phi) is 4.48. The van der Waals surface area contributed by atoms with Gasteiger partial charge < -0.3 is 5.11 Å². The van der Waals surface area contributed by atoms with Crippen molar-refractivity contribution in [2.24, 2.45) is 0 Å². The molecule has 0 bridgehead atoms. The monoisotopic (exact) mass is 316 g/mol. The lowest BCUT2D eigenvalue weighted by atomic mass is 10.1. The van der Waals surface area contributed by atoms with Crippen LogP contribution in [-0.4, -0.2) is 36.4 Å². The number of nitrogens with one attached hydrogen (secondary N) is 1. The number of aromatic carboxylic acids is 1. The van der Waals surface area contributed by atoms with Crippen molar-refractivity contribution in [2.75, 3.05) is 11.3 Å². The number of benzene rings is 1. The Bertz CT molecular complexity index is 648. The molecular formula is C13H17FN2O4S. The average molecular weight is 316 g/mol. The van der Waals surface area contributed by atoms with Gasteiger partial charge in [-0.05, 0) is 38.0 Å². The van der Waals surface area contributed by atoms with E-state index in [0.29, 0.717) is 6.54 Å². The van der Waals surface area contributed by atoms with E-state index < -0.39 is 22.0 Å². The number of hydrogen-bond donors (Lipinski definition) is 2. The van der Waals surface area contributed by atoms with Gasteiger partial charge in [-0.15, -0.1) is 0 Å². The Morgan fingerprint density at radius 1 is 1.43 bits per heavy atom. The van der Waals surface area contributed by atoms with Crippen molar-refractivity contribution in [1.29, 1.82) is 0 Å². The molecule has 0 spiro atoms. The fraction of sp³-hybridized carbons (Fsp3) is 0.462. The molecule has 1 heterocycles. The van der Waals surface area contributed by atoms with Gasteiger partial charge in [0, 0.05) is 12.6 Å². The van der Waals surface area contributed by atoms with E-state index in [1.54, 1.807) is 0 Å². The summed E-state index contributed by atoms with van der Waals surface area (Å²) in [6.07, 6.45) is 2.50. The molecule has 6 nitrogen and oxygen atoms in total. The van der Waals surface area contributed by atoms with E-state index in [1.165, 1.54) is 4.31 Å². The quantitative estimate of drug-likeness (QED) is 0.890. The molecule has 1 aromatic carbocycles. The Labute approximate surface area is 122 Å². The van der Waals surface area contributed by atoms with Gasteiger partial charge in [-0.25, -0.2) is 9.18 Å². The number of carboxylic acid groups (broad SMARTS) is 1. The van der Waals surface area contributed by atoms with Gasteiger partial charge in [0.1, 0.15) is 5.82 Å². The largest absolute Gasteiger partial charge is 0.478 e. The zero-order chi connectivity index (χ0) is 15.6. The zero-order valence-corrected chi connectivity index (χ0v) is 12.4. The Hall–Kier alpha value is -1.67. The van der Waals surface area contributed by atoms with E-state index in [4.69, 9.17) is 5.11 Å². The van der Waals surface area contributed by atoms with Gasteiger partial charge in [0.15, 0.2) is 0 Å². The molecule has 1 atom stereocenters. The summed E-state index contributed by atoms with van der Waals surface area (Å²) in [5.41, 5.74) is -0.487. The van der Waals surface area contributed by atoms with E-state index in [0.717, 1.165) is 37.5 Å². The highest BCUT2D eigenvalue weighted by atomic mass is 32.2. The molecule has 1 saturated heterocycles. The second-order valence-corrected chi connectivity index (χ2v) is 6.69. The van der Waals surface area contributed by atoms with E-state index >= 15 is 0 Å². The molecule has 0 aromatic heterocycles. The molecule has 1 fully saturated rings. The van der Waals surface area contributed by atoms with E-state index in [2.05, 4.69) is 4.72 Å². The number of carbonyl (C=O) groups is 1.